The molecule has 0 amide bonds. The molecule has 2 aromatic carbocycles. The Hall–Kier alpha value is -3.71. The summed E-state index contributed by atoms with van der Waals surface area (Å²) in [6, 6.07) is 2.49. The summed E-state index contributed by atoms with van der Waals surface area (Å²) in [5.74, 6) is -2.15. The maximum atomic E-state index is 13.4. The van der Waals surface area contributed by atoms with E-state index in [0.717, 1.165) is 22.8 Å². The van der Waals surface area contributed by atoms with Gasteiger partial charge in [-0.2, -0.15) is 0 Å². The van der Waals surface area contributed by atoms with Gasteiger partial charge in [0, 0.05) is 22.8 Å². The third kappa shape index (κ3) is 5.83. The lowest BCUT2D eigenvalue weighted by molar-refractivity contribution is 0.0200. The average Bonchev–Trinajstić information content (AvgIpc) is 2.80. The smallest absolute Gasteiger partial charge is 0.202 e. The summed E-state index contributed by atoms with van der Waals surface area (Å²) in [6.45, 7) is 11.4. The molecule has 0 spiro atoms. The number of phenolic OH excluding ortho intramolecular Hbond substituents is 4. The molecule has 198 valence electrons. The predicted molar refractivity (Wildman–Crippen MR) is 143 cm³/mol. The summed E-state index contributed by atoms with van der Waals surface area (Å²) in [5.41, 5.74) is 4.37. The summed E-state index contributed by atoms with van der Waals surface area (Å²) in [7, 11) is 0. The number of phenols is 4. The maximum absolute atomic E-state index is 13.4. The van der Waals surface area contributed by atoms with Crippen LogP contribution in [-0.4, -0.2) is 37.4 Å². The van der Waals surface area contributed by atoms with E-state index in [1.165, 1.54) is 6.07 Å². The number of Topliss-reactive ketones (excluding diaryl/α,β-unsaturated/α-hetero) is 1. The van der Waals surface area contributed by atoms with Crippen LogP contribution >= 0.6 is 0 Å². The molecule has 0 aliphatic carbocycles. The van der Waals surface area contributed by atoms with Gasteiger partial charge in [-0.25, -0.2) is 0 Å². The van der Waals surface area contributed by atoms with Crippen molar-refractivity contribution in [1.29, 1.82) is 0 Å². The van der Waals surface area contributed by atoms with Gasteiger partial charge in [0.1, 0.15) is 22.8 Å². The first-order chi connectivity index (χ1) is 17.3. The van der Waals surface area contributed by atoms with Crippen LogP contribution in [0.4, 0.5) is 0 Å². The number of aliphatic hydroxyl groups excluding tert-OH is 1. The molecule has 0 saturated carbocycles. The molecule has 0 saturated heterocycles. The number of hydrogen-bond acceptors (Lipinski definition) is 7. The number of carbonyl (C=O) groups is 1. The van der Waals surface area contributed by atoms with Crippen molar-refractivity contribution in [3.05, 3.63) is 74.9 Å². The van der Waals surface area contributed by atoms with Gasteiger partial charge in [-0.05, 0) is 72.4 Å². The molecule has 37 heavy (non-hydrogen) atoms. The number of aromatic hydroxyl groups is 4. The third-order valence-corrected chi connectivity index (χ3v) is 6.34. The van der Waals surface area contributed by atoms with E-state index >= 15 is 0 Å². The Bertz CT molecular complexity index is 1300. The summed E-state index contributed by atoms with van der Waals surface area (Å²) in [6.07, 6.45) is 3.53. The minimum Gasteiger partial charge on any atom is -0.507 e. The van der Waals surface area contributed by atoms with Gasteiger partial charge in [0.15, 0.2) is 23.7 Å². The van der Waals surface area contributed by atoms with Crippen LogP contribution in [-0.2, 0) is 19.3 Å². The lowest BCUT2D eigenvalue weighted by Gasteiger charge is -2.34. The largest absolute Gasteiger partial charge is 0.507 e. The van der Waals surface area contributed by atoms with Crippen LogP contribution in [0.3, 0.4) is 0 Å². The van der Waals surface area contributed by atoms with Gasteiger partial charge < -0.3 is 30.3 Å². The second kappa shape index (κ2) is 11.1. The van der Waals surface area contributed by atoms with Crippen LogP contribution in [0.1, 0.15) is 80.3 Å². The van der Waals surface area contributed by atoms with Gasteiger partial charge in [0.25, 0.3) is 0 Å². The second-order valence-corrected chi connectivity index (χ2v) is 10.2. The summed E-state index contributed by atoms with van der Waals surface area (Å²) >= 11 is 0. The summed E-state index contributed by atoms with van der Waals surface area (Å²) in [4.78, 5) is 13.4. The number of carbonyl (C=O) groups excluding carboxylic acids is 1. The van der Waals surface area contributed by atoms with Crippen molar-refractivity contribution >= 4 is 5.78 Å². The Morgan fingerprint density at radius 2 is 1.32 bits per heavy atom. The molecule has 0 fully saturated rings. The van der Waals surface area contributed by atoms with E-state index in [-0.39, 0.29) is 41.4 Å². The third-order valence-electron chi connectivity index (χ3n) is 6.34. The van der Waals surface area contributed by atoms with Crippen molar-refractivity contribution in [2.45, 2.75) is 73.0 Å². The van der Waals surface area contributed by atoms with Crippen LogP contribution in [0.25, 0.3) is 0 Å². The van der Waals surface area contributed by atoms with Gasteiger partial charge in [-0.1, -0.05) is 34.9 Å². The molecule has 5 N–H and O–H groups in total. The fourth-order valence-electron chi connectivity index (χ4n) is 4.37. The Balaban J connectivity index is 2.31. The Morgan fingerprint density at radius 3 is 1.89 bits per heavy atom. The van der Waals surface area contributed by atoms with Crippen molar-refractivity contribution in [2.24, 2.45) is 0 Å². The fourth-order valence-corrected chi connectivity index (χ4v) is 4.37. The molecule has 0 bridgehead atoms. The minimum atomic E-state index is -1.70. The molecule has 3 rings (SSSR count). The van der Waals surface area contributed by atoms with E-state index in [0.29, 0.717) is 28.7 Å². The van der Waals surface area contributed by atoms with E-state index < -0.39 is 23.7 Å². The molecule has 1 aliphatic heterocycles. The van der Waals surface area contributed by atoms with Gasteiger partial charge in [-0.15, -0.1) is 0 Å². The van der Waals surface area contributed by atoms with Crippen LogP contribution in [0.2, 0.25) is 0 Å². The van der Waals surface area contributed by atoms with Crippen molar-refractivity contribution in [1.82, 2.24) is 0 Å². The first-order valence-electron chi connectivity index (χ1n) is 12.3. The van der Waals surface area contributed by atoms with Crippen LogP contribution in [0.15, 0.2) is 47.1 Å². The number of ketones is 1. The number of rotatable bonds is 7. The van der Waals surface area contributed by atoms with Crippen molar-refractivity contribution < 1.29 is 35.1 Å². The van der Waals surface area contributed by atoms with Crippen molar-refractivity contribution in [3.8, 4) is 28.7 Å². The summed E-state index contributed by atoms with van der Waals surface area (Å²) in [5, 5.41) is 53.6. The van der Waals surface area contributed by atoms with Crippen molar-refractivity contribution in [3.63, 3.8) is 0 Å². The van der Waals surface area contributed by atoms with E-state index in [1.807, 2.05) is 59.8 Å². The standard InChI is InChI=1S/C30H36O7/c1-15(2)7-10-18-13-23(33)26(34)20(12-9-17(5)6)24(18)30-28(36)27(35)25-22(32)14-21(31)19(29(25)37-30)11-8-16(3)4/h7-9,13-14,28,30-34,36H,10-12H2,1-6H3/t28-,30+/m0/s1. The molecular weight excluding hydrogens is 472 g/mol. The highest BCUT2D eigenvalue weighted by Gasteiger charge is 2.42. The second-order valence-electron chi connectivity index (χ2n) is 10.2. The average molecular weight is 509 g/mol. The highest BCUT2D eigenvalue weighted by Crippen LogP contribution is 2.48. The molecule has 1 aliphatic rings. The minimum absolute atomic E-state index is 0.0100. The molecule has 2 aromatic rings. The van der Waals surface area contributed by atoms with Gasteiger partial charge >= 0.3 is 0 Å². The maximum Gasteiger partial charge on any atom is 0.202 e. The molecule has 7 heteroatoms. The number of allylic oxidation sites excluding steroid dienone is 6. The van der Waals surface area contributed by atoms with Crippen molar-refractivity contribution in [2.75, 3.05) is 0 Å². The number of benzene rings is 2. The zero-order valence-electron chi connectivity index (χ0n) is 22.2. The quantitative estimate of drug-likeness (QED) is 0.239. The fraction of sp³-hybridized carbons (Fsp3) is 0.367. The monoisotopic (exact) mass is 508 g/mol. The highest BCUT2D eigenvalue weighted by atomic mass is 16.5. The first-order valence-corrected chi connectivity index (χ1v) is 12.3. The SMILES string of the molecule is CC(C)=CCc1cc(O)c(O)c(CC=C(C)C)c1[C@H]1Oc2c(CC=C(C)C)c(O)cc(O)c2C(=O)[C@@H]1O. The van der Waals surface area contributed by atoms with Gasteiger partial charge in [0.2, 0.25) is 5.78 Å². The van der Waals surface area contributed by atoms with Crippen LogP contribution in [0.5, 0.6) is 28.7 Å². The van der Waals surface area contributed by atoms with E-state index in [4.69, 9.17) is 4.74 Å². The predicted octanol–water partition coefficient (Wildman–Crippen LogP) is 5.71. The highest BCUT2D eigenvalue weighted by molar-refractivity contribution is 6.06. The number of aliphatic hydroxyl groups is 1. The normalized spacial score (nSPS) is 16.5. The summed E-state index contributed by atoms with van der Waals surface area (Å²) < 4.78 is 6.26. The van der Waals surface area contributed by atoms with Gasteiger partial charge in [0.05, 0.1) is 0 Å². The Labute approximate surface area is 217 Å². The molecule has 1 heterocycles. The van der Waals surface area contributed by atoms with E-state index in [9.17, 15) is 30.3 Å². The number of hydrogen-bond donors (Lipinski definition) is 5. The first kappa shape index (κ1) is 27.9. The molecule has 0 aromatic heterocycles. The molecule has 0 unspecified atom stereocenters. The van der Waals surface area contributed by atoms with Gasteiger partial charge in [-0.3, -0.25) is 4.79 Å². The Morgan fingerprint density at radius 1 is 0.784 bits per heavy atom. The Kier molecular flexibility index (Phi) is 8.39. The van der Waals surface area contributed by atoms with Crippen LogP contribution < -0.4 is 4.74 Å². The molecule has 7 nitrogen and oxygen atoms in total. The van der Waals surface area contributed by atoms with Crippen LogP contribution in [0, 0.1) is 0 Å². The lowest BCUT2D eigenvalue weighted by Crippen LogP contribution is -2.37. The van der Waals surface area contributed by atoms with E-state index in [1.54, 1.807) is 0 Å². The molecule has 2 atom stereocenters. The molecular formula is C30H36O7. The zero-order valence-corrected chi connectivity index (χ0v) is 22.2. The van der Waals surface area contributed by atoms with E-state index in [2.05, 4.69) is 0 Å². The number of ether oxygens (including phenoxy) is 1. The topological polar surface area (TPSA) is 127 Å². The zero-order chi connectivity index (χ0) is 27.6. The lowest BCUT2D eigenvalue weighted by atomic mass is 9.84. The number of fused-ring (bicyclic) bond motifs is 1. The molecule has 0 radical (unpaired) electrons.